The van der Waals surface area contributed by atoms with E-state index < -0.39 is 6.10 Å². The molecule has 0 N–H and O–H groups in total. The minimum atomic E-state index is -0.818. The standard InChI is InChI=1S/C59H92O6/c1-4-7-10-13-16-19-22-24-26-28-29-31-32-34-37-40-43-46-49-52-58(61)64-55-56(54-63-57(60)51-48-45-42-39-36-21-18-15-12-9-6-3)65-59(62)53-50-47-44-41-38-35-33-30-27-25-23-20-17-14-11-8-5-2/h7-8,10-11,14,16-17,19-20,23-27,29-31,33-35,37-38,56H,4-6,9,12-13,15,18,21-22,28,32,36,39-55H2,1-3H3/b10-7-,11-8-,17-14-,19-16-,23-20-,26-24-,27-25-,31-29-,33-30+,37-34-,38-35-. The Hall–Kier alpha value is -4.45. The van der Waals surface area contributed by atoms with Crippen LogP contribution >= 0.6 is 0 Å². The first kappa shape index (κ1) is 60.6. The van der Waals surface area contributed by atoms with Crippen molar-refractivity contribution >= 4 is 17.9 Å². The predicted molar refractivity (Wildman–Crippen MR) is 279 cm³/mol. The Balaban J connectivity index is 4.55. The first-order chi connectivity index (χ1) is 32.0. The zero-order valence-corrected chi connectivity index (χ0v) is 41.4. The Morgan fingerprint density at radius 3 is 1.12 bits per heavy atom. The molecule has 0 aromatic carbocycles. The highest BCUT2D eigenvalue weighted by Gasteiger charge is 2.19. The van der Waals surface area contributed by atoms with Gasteiger partial charge in [-0.3, -0.25) is 14.4 Å². The highest BCUT2D eigenvalue weighted by molar-refractivity contribution is 5.71. The van der Waals surface area contributed by atoms with Crippen molar-refractivity contribution in [1.29, 1.82) is 0 Å². The number of carbonyl (C=O) groups excluding carboxylic acids is 3. The molecule has 0 fully saturated rings. The van der Waals surface area contributed by atoms with Crippen molar-refractivity contribution in [3.05, 3.63) is 134 Å². The van der Waals surface area contributed by atoms with Crippen LogP contribution in [0.2, 0.25) is 0 Å². The topological polar surface area (TPSA) is 78.9 Å². The molecule has 0 aromatic rings. The van der Waals surface area contributed by atoms with Gasteiger partial charge in [0.2, 0.25) is 0 Å². The lowest BCUT2D eigenvalue weighted by Crippen LogP contribution is -2.30. The number of esters is 3. The summed E-state index contributed by atoms with van der Waals surface area (Å²) in [5.74, 6) is -0.998. The molecule has 0 bridgehead atoms. The third-order valence-corrected chi connectivity index (χ3v) is 10.3. The van der Waals surface area contributed by atoms with E-state index in [1.54, 1.807) is 0 Å². The molecule has 6 heteroatoms. The Bertz CT molecular complexity index is 1450. The second-order valence-electron chi connectivity index (χ2n) is 16.5. The largest absolute Gasteiger partial charge is 0.462 e. The van der Waals surface area contributed by atoms with E-state index in [0.29, 0.717) is 19.3 Å². The molecule has 0 aromatic heterocycles. The van der Waals surface area contributed by atoms with E-state index in [2.05, 4.69) is 93.7 Å². The van der Waals surface area contributed by atoms with Crippen molar-refractivity contribution in [1.82, 2.24) is 0 Å². The molecule has 0 aliphatic rings. The van der Waals surface area contributed by atoms with Crippen LogP contribution in [0.5, 0.6) is 0 Å². The van der Waals surface area contributed by atoms with Gasteiger partial charge in [0.1, 0.15) is 13.2 Å². The Morgan fingerprint density at radius 1 is 0.338 bits per heavy atom. The molecule has 0 heterocycles. The molecular weight excluding hydrogens is 805 g/mol. The van der Waals surface area contributed by atoms with Gasteiger partial charge in [0.15, 0.2) is 6.10 Å². The number of rotatable bonds is 44. The van der Waals surface area contributed by atoms with Gasteiger partial charge in [0, 0.05) is 19.3 Å². The van der Waals surface area contributed by atoms with E-state index in [1.165, 1.54) is 51.4 Å². The SMILES string of the molecule is CC\C=C/C=C\C=C/C=C\C=C\C=C/CCCCCC(=O)OC(COC(=O)CCCCC/C=C\C/C=C\C/C=C\C/C=C\C/C=C\CC)COC(=O)CCCCCCCCCCCCC. The van der Waals surface area contributed by atoms with Gasteiger partial charge in [-0.2, -0.15) is 0 Å². The summed E-state index contributed by atoms with van der Waals surface area (Å²) in [7, 11) is 0. The summed E-state index contributed by atoms with van der Waals surface area (Å²) in [6, 6.07) is 0. The zero-order chi connectivity index (χ0) is 47.2. The van der Waals surface area contributed by atoms with Gasteiger partial charge in [0.25, 0.3) is 0 Å². The van der Waals surface area contributed by atoms with Gasteiger partial charge in [0.05, 0.1) is 0 Å². The van der Waals surface area contributed by atoms with Crippen LogP contribution in [-0.4, -0.2) is 37.2 Å². The molecule has 0 rings (SSSR count). The van der Waals surface area contributed by atoms with Gasteiger partial charge in [-0.05, 0) is 83.5 Å². The average molecular weight is 897 g/mol. The average Bonchev–Trinajstić information content (AvgIpc) is 3.30. The van der Waals surface area contributed by atoms with Gasteiger partial charge in [-0.1, -0.05) is 231 Å². The summed E-state index contributed by atoms with van der Waals surface area (Å²) in [6.45, 7) is 6.28. The first-order valence-electron chi connectivity index (χ1n) is 25.8. The fourth-order valence-electron chi connectivity index (χ4n) is 6.50. The fraction of sp³-hybridized carbons (Fsp3) is 0.576. The van der Waals surface area contributed by atoms with Crippen LogP contribution in [0.15, 0.2) is 134 Å². The summed E-state index contributed by atoms with van der Waals surface area (Å²) in [5.41, 5.74) is 0. The normalized spacial score (nSPS) is 13.2. The lowest BCUT2D eigenvalue weighted by atomic mass is 10.1. The lowest BCUT2D eigenvalue weighted by Gasteiger charge is -2.18. The maximum Gasteiger partial charge on any atom is 0.306 e. The third kappa shape index (κ3) is 50.4. The maximum absolute atomic E-state index is 12.8. The molecule has 364 valence electrons. The van der Waals surface area contributed by atoms with Crippen LogP contribution in [0.25, 0.3) is 0 Å². The molecule has 0 amide bonds. The van der Waals surface area contributed by atoms with E-state index in [0.717, 1.165) is 103 Å². The molecule has 0 aliphatic heterocycles. The van der Waals surface area contributed by atoms with E-state index in [1.807, 2.05) is 60.8 Å². The van der Waals surface area contributed by atoms with Crippen LogP contribution in [-0.2, 0) is 28.6 Å². The number of ether oxygens (including phenoxy) is 3. The molecule has 65 heavy (non-hydrogen) atoms. The van der Waals surface area contributed by atoms with Gasteiger partial charge in [-0.15, -0.1) is 0 Å². The summed E-state index contributed by atoms with van der Waals surface area (Å²) in [5, 5.41) is 0. The lowest BCUT2D eigenvalue weighted by molar-refractivity contribution is -0.167. The number of unbranched alkanes of at least 4 members (excludes halogenated alkanes) is 16. The van der Waals surface area contributed by atoms with E-state index in [-0.39, 0.29) is 37.5 Å². The van der Waals surface area contributed by atoms with E-state index in [9.17, 15) is 14.4 Å². The second kappa shape index (κ2) is 52.2. The Labute approximate surface area is 398 Å². The monoisotopic (exact) mass is 897 g/mol. The van der Waals surface area contributed by atoms with E-state index in [4.69, 9.17) is 14.2 Å². The van der Waals surface area contributed by atoms with Crippen LogP contribution in [0.3, 0.4) is 0 Å². The van der Waals surface area contributed by atoms with Crippen molar-refractivity contribution in [2.75, 3.05) is 13.2 Å². The first-order valence-corrected chi connectivity index (χ1v) is 25.8. The van der Waals surface area contributed by atoms with Crippen molar-refractivity contribution in [2.45, 2.75) is 207 Å². The van der Waals surface area contributed by atoms with Crippen LogP contribution in [0.1, 0.15) is 201 Å². The molecular formula is C59H92O6. The Kier molecular flexibility index (Phi) is 48.6. The molecule has 0 spiro atoms. The minimum absolute atomic E-state index is 0.111. The third-order valence-electron chi connectivity index (χ3n) is 10.3. The van der Waals surface area contributed by atoms with Crippen LogP contribution < -0.4 is 0 Å². The summed E-state index contributed by atoms with van der Waals surface area (Å²) in [6.07, 6.45) is 72.9. The predicted octanol–water partition coefficient (Wildman–Crippen LogP) is 17.1. The van der Waals surface area contributed by atoms with Crippen molar-refractivity contribution in [2.24, 2.45) is 0 Å². The van der Waals surface area contributed by atoms with E-state index >= 15 is 0 Å². The smallest absolute Gasteiger partial charge is 0.306 e. The summed E-state index contributed by atoms with van der Waals surface area (Å²) < 4.78 is 16.7. The Morgan fingerprint density at radius 2 is 0.677 bits per heavy atom. The van der Waals surface area contributed by atoms with Crippen molar-refractivity contribution < 1.29 is 28.6 Å². The molecule has 0 saturated heterocycles. The van der Waals surface area contributed by atoms with Gasteiger partial charge >= 0.3 is 17.9 Å². The molecule has 0 saturated carbocycles. The molecule has 0 aliphatic carbocycles. The molecule has 6 nitrogen and oxygen atoms in total. The molecule has 1 atom stereocenters. The highest BCUT2D eigenvalue weighted by Crippen LogP contribution is 2.13. The van der Waals surface area contributed by atoms with Crippen LogP contribution in [0, 0.1) is 0 Å². The summed E-state index contributed by atoms with van der Waals surface area (Å²) >= 11 is 0. The van der Waals surface area contributed by atoms with Crippen molar-refractivity contribution in [3.8, 4) is 0 Å². The van der Waals surface area contributed by atoms with Crippen molar-refractivity contribution in [3.63, 3.8) is 0 Å². The second-order valence-corrected chi connectivity index (χ2v) is 16.5. The van der Waals surface area contributed by atoms with Gasteiger partial charge in [-0.25, -0.2) is 0 Å². The highest BCUT2D eigenvalue weighted by atomic mass is 16.6. The quantitative estimate of drug-likeness (QED) is 0.0199. The number of carbonyl (C=O) groups is 3. The zero-order valence-electron chi connectivity index (χ0n) is 41.4. The van der Waals surface area contributed by atoms with Gasteiger partial charge < -0.3 is 14.2 Å². The number of hydrogen-bond donors (Lipinski definition) is 0. The number of allylic oxidation sites excluding steroid dienone is 22. The maximum atomic E-state index is 12.8. The molecule has 0 radical (unpaired) electrons. The fourth-order valence-corrected chi connectivity index (χ4v) is 6.50. The minimum Gasteiger partial charge on any atom is -0.462 e. The number of hydrogen-bond acceptors (Lipinski definition) is 6. The molecule has 1 unspecified atom stereocenters. The summed E-state index contributed by atoms with van der Waals surface area (Å²) in [4.78, 5) is 38.0. The van der Waals surface area contributed by atoms with Crippen LogP contribution in [0.4, 0.5) is 0 Å².